The molecule has 0 saturated carbocycles. The molecule has 1 aromatic carbocycles. The van der Waals surface area contributed by atoms with Crippen LogP contribution < -0.4 is 5.73 Å². The molecular formula is C17H21BrN2S. The van der Waals surface area contributed by atoms with Crippen LogP contribution >= 0.6 is 27.3 Å². The number of aryl methyl sites for hydroxylation is 1. The zero-order valence-corrected chi connectivity index (χ0v) is 14.7. The summed E-state index contributed by atoms with van der Waals surface area (Å²) in [5.41, 5.74) is 9.22. The summed E-state index contributed by atoms with van der Waals surface area (Å²) in [4.78, 5) is 3.87. The monoisotopic (exact) mass is 364 g/mol. The highest BCUT2D eigenvalue weighted by Gasteiger charge is 2.36. The van der Waals surface area contributed by atoms with E-state index in [2.05, 4.69) is 63.6 Å². The van der Waals surface area contributed by atoms with E-state index >= 15 is 0 Å². The van der Waals surface area contributed by atoms with E-state index in [1.165, 1.54) is 20.5 Å². The van der Waals surface area contributed by atoms with Crippen LogP contribution in [-0.2, 0) is 19.4 Å². The van der Waals surface area contributed by atoms with Crippen LogP contribution in [0.25, 0.3) is 0 Å². The molecule has 2 N–H and O–H groups in total. The van der Waals surface area contributed by atoms with Gasteiger partial charge in [0.1, 0.15) is 0 Å². The van der Waals surface area contributed by atoms with E-state index in [1.807, 2.05) is 11.3 Å². The largest absolute Gasteiger partial charge is 0.329 e. The number of fused-ring (bicyclic) bond motifs is 1. The summed E-state index contributed by atoms with van der Waals surface area (Å²) < 4.78 is 1.17. The van der Waals surface area contributed by atoms with Crippen molar-refractivity contribution >= 4 is 27.3 Å². The number of nitrogens with zero attached hydrogens (tertiary/aromatic N) is 1. The first-order valence-electron chi connectivity index (χ1n) is 7.34. The molecule has 112 valence electrons. The molecule has 1 aromatic heterocycles. The predicted molar refractivity (Wildman–Crippen MR) is 93.7 cm³/mol. The number of halogens is 1. The van der Waals surface area contributed by atoms with Gasteiger partial charge in [-0.15, -0.1) is 11.3 Å². The maximum Gasteiger partial charge on any atom is 0.0376 e. The van der Waals surface area contributed by atoms with E-state index in [9.17, 15) is 0 Å². The summed E-state index contributed by atoms with van der Waals surface area (Å²) in [6, 6.07) is 11.0. The Labute approximate surface area is 139 Å². The molecule has 0 bridgehead atoms. The van der Waals surface area contributed by atoms with Crippen LogP contribution in [0.2, 0.25) is 0 Å². The van der Waals surface area contributed by atoms with Crippen molar-refractivity contribution in [2.45, 2.75) is 31.3 Å². The van der Waals surface area contributed by atoms with Gasteiger partial charge in [-0.05, 0) is 61.0 Å². The molecule has 1 unspecified atom stereocenters. The minimum Gasteiger partial charge on any atom is -0.329 e. The van der Waals surface area contributed by atoms with Crippen molar-refractivity contribution in [3.05, 3.63) is 56.2 Å². The van der Waals surface area contributed by atoms with Gasteiger partial charge in [-0.3, -0.25) is 4.90 Å². The van der Waals surface area contributed by atoms with Crippen molar-refractivity contribution < 1.29 is 0 Å². The second-order valence-electron chi connectivity index (χ2n) is 5.95. The van der Waals surface area contributed by atoms with Crippen molar-refractivity contribution in [3.8, 4) is 0 Å². The van der Waals surface area contributed by atoms with Gasteiger partial charge >= 0.3 is 0 Å². The van der Waals surface area contributed by atoms with E-state index < -0.39 is 0 Å². The lowest BCUT2D eigenvalue weighted by atomic mass is 9.77. The number of likely N-dealkylation sites (N-methyl/N-ethyl adjacent to an activating group) is 1. The first kappa shape index (κ1) is 15.2. The summed E-state index contributed by atoms with van der Waals surface area (Å²) in [6.07, 6.45) is 3.30. The molecular weight excluding hydrogens is 344 g/mol. The summed E-state index contributed by atoms with van der Waals surface area (Å²) in [5.74, 6) is 0. The highest BCUT2D eigenvalue weighted by Crippen LogP contribution is 2.34. The number of hydrogen-bond acceptors (Lipinski definition) is 3. The molecule has 1 aliphatic carbocycles. The summed E-state index contributed by atoms with van der Waals surface area (Å²) in [5, 5.41) is 2.14. The van der Waals surface area contributed by atoms with Gasteiger partial charge < -0.3 is 5.73 Å². The Morgan fingerprint density at radius 1 is 1.33 bits per heavy atom. The number of nitrogens with two attached hydrogens (primary N) is 1. The lowest BCUT2D eigenvalue weighted by Gasteiger charge is -2.44. The SMILES string of the molecule is CN(Cc1cccs1)C1(CN)CCc2cc(Br)ccc2C1. The van der Waals surface area contributed by atoms with Crippen molar-refractivity contribution in [1.82, 2.24) is 4.90 Å². The molecule has 0 spiro atoms. The molecule has 21 heavy (non-hydrogen) atoms. The standard InChI is InChI=1S/C17H21BrN2S/c1-20(11-16-3-2-8-21-16)17(12-19)7-6-13-9-15(18)5-4-14(13)10-17/h2-5,8-9H,6-7,10-12,19H2,1H3. The Bertz CT molecular complexity index is 611. The molecule has 0 saturated heterocycles. The number of benzene rings is 1. The molecule has 1 heterocycles. The molecule has 0 amide bonds. The van der Waals surface area contributed by atoms with Crippen LogP contribution in [0, 0.1) is 0 Å². The number of thiophene rings is 1. The fourth-order valence-electron chi connectivity index (χ4n) is 3.27. The molecule has 1 aliphatic rings. The Kier molecular flexibility index (Phi) is 4.50. The van der Waals surface area contributed by atoms with E-state index in [1.54, 1.807) is 0 Å². The Hall–Kier alpha value is -0.680. The van der Waals surface area contributed by atoms with Gasteiger partial charge in [-0.25, -0.2) is 0 Å². The highest BCUT2D eigenvalue weighted by molar-refractivity contribution is 9.10. The quantitative estimate of drug-likeness (QED) is 0.892. The van der Waals surface area contributed by atoms with Crippen LogP contribution in [0.4, 0.5) is 0 Å². The normalized spacial score (nSPS) is 21.5. The number of hydrogen-bond donors (Lipinski definition) is 1. The highest BCUT2D eigenvalue weighted by atomic mass is 79.9. The van der Waals surface area contributed by atoms with Crippen molar-refractivity contribution in [1.29, 1.82) is 0 Å². The average Bonchev–Trinajstić information content (AvgIpc) is 2.99. The molecule has 2 aromatic rings. The molecule has 0 fully saturated rings. The van der Waals surface area contributed by atoms with Gasteiger partial charge in [0.15, 0.2) is 0 Å². The van der Waals surface area contributed by atoms with E-state index in [-0.39, 0.29) is 5.54 Å². The lowest BCUT2D eigenvalue weighted by molar-refractivity contribution is 0.102. The van der Waals surface area contributed by atoms with Gasteiger partial charge in [0, 0.05) is 28.0 Å². The molecule has 4 heteroatoms. The molecule has 1 atom stereocenters. The van der Waals surface area contributed by atoms with Crippen LogP contribution in [0.15, 0.2) is 40.2 Å². The Morgan fingerprint density at radius 3 is 2.90 bits per heavy atom. The number of rotatable bonds is 4. The van der Waals surface area contributed by atoms with Gasteiger partial charge in [0.2, 0.25) is 0 Å². The third kappa shape index (κ3) is 3.09. The maximum absolute atomic E-state index is 6.21. The summed E-state index contributed by atoms with van der Waals surface area (Å²) >= 11 is 5.39. The second-order valence-corrected chi connectivity index (χ2v) is 7.90. The first-order valence-corrected chi connectivity index (χ1v) is 9.01. The fourth-order valence-corrected chi connectivity index (χ4v) is 4.44. The van der Waals surface area contributed by atoms with Gasteiger partial charge in [-0.2, -0.15) is 0 Å². The van der Waals surface area contributed by atoms with E-state index in [0.717, 1.165) is 25.8 Å². The van der Waals surface area contributed by atoms with E-state index in [0.29, 0.717) is 6.54 Å². The lowest BCUT2D eigenvalue weighted by Crippen LogP contribution is -2.55. The van der Waals surface area contributed by atoms with Crippen LogP contribution in [0.5, 0.6) is 0 Å². The molecule has 0 aliphatic heterocycles. The van der Waals surface area contributed by atoms with Crippen molar-refractivity contribution in [3.63, 3.8) is 0 Å². The van der Waals surface area contributed by atoms with Crippen LogP contribution in [0.1, 0.15) is 22.4 Å². The second kappa shape index (κ2) is 6.21. The summed E-state index contributed by atoms with van der Waals surface area (Å²) in [6.45, 7) is 1.70. The average molecular weight is 365 g/mol. The van der Waals surface area contributed by atoms with Gasteiger partial charge in [0.05, 0.1) is 0 Å². The van der Waals surface area contributed by atoms with Crippen LogP contribution in [-0.4, -0.2) is 24.0 Å². The predicted octanol–water partition coefficient (Wildman–Crippen LogP) is 3.83. The molecule has 2 nitrogen and oxygen atoms in total. The third-order valence-corrected chi connectivity index (χ3v) is 6.06. The Balaban J connectivity index is 1.83. The smallest absolute Gasteiger partial charge is 0.0376 e. The molecule has 0 radical (unpaired) electrons. The van der Waals surface area contributed by atoms with Crippen LogP contribution in [0.3, 0.4) is 0 Å². The van der Waals surface area contributed by atoms with Gasteiger partial charge in [-0.1, -0.05) is 28.1 Å². The minimum atomic E-state index is 0.0881. The van der Waals surface area contributed by atoms with E-state index in [4.69, 9.17) is 5.73 Å². The minimum absolute atomic E-state index is 0.0881. The summed E-state index contributed by atoms with van der Waals surface area (Å²) in [7, 11) is 2.22. The van der Waals surface area contributed by atoms with Gasteiger partial charge in [0.25, 0.3) is 0 Å². The zero-order chi connectivity index (χ0) is 14.9. The van der Waals surface area contributed by atoms with Crippen molar-refractivity contribution in [2.75, 3.05) is 13.6 Å². The zero-order valence-electron chi connectivity index (χ0n) is 12.3. The Morgan fingerprint density at radius 2 is 2.19 bits per heavy atom. The first-order chi connectivity index (χ1) is 10.1. The fraction of sp³-hybridized carbons (Fsp3) is 0.412. The third-order valence-electron chi connectivity index (χ3n) is 4.71. The topological polar surface area (TPSA) is 29.3 Å². The molecule has 3 rings (SSSR count). The maximum atomic E-state index is 6.21. The van der Waals surface area contributed by atoms with Crippen molar-refractivity contribution in [2.24, 2.45) is 5.73 Å².